The number of rotatable bonds is 9. The Morgan fingerprint density at radius 1 is 0.231 bits per heavy atom. The Bertz CT molecular complexity index is 1890. The number of hydrogen-bond donors (Lipinski definition) is 6. The molecule has 1 aliphatic rings. The van der Waals surface area contributed by atoms with Gasteiger partial charge in [-0.1, -0.05) is 125 Å². The quantitative estimate of drug-likeness (QED) is 0.143. The van der Waals surface area contributed by atoms with E-state index in [4.69, 9.17) is 28.4 Å². The topological polar surface area (TPSA) is 332 Å². The van der Waals surface area contributed by atoms with Crippen LogP contribution in [0.5, 0.6) is 0 Å². The summed E-state index contributed by atoms with van der Waals surface area (Å²) in [6, 6.07) is -8.38. The zero-order valence-corrected chi connectivity index (χ0v) is 49.5. The van der Waals surface area contributed by atoms with Crippen LogP contribution in [-0.4, -0.2) is 144 Å². The number of carbonyl (C=O) groups is 12. The third kappa shape index (κ3) is 20.8. The number of ether oxygens (including phenoxy) is 6. The molecule has 24 nitrogen and oxygen atoms in total. The molecule has 0 aromatic heterocycles. The van der Waals surface area contributed by atoms with Crippen LogP contribution >= 0.6 is 0 Å². The van der Waals surface area contributed by atoms with Gasteiger partial charge in [0, 0.05) is 0 Å². The molecule has 0 saturated carbocycles. The fourth-order valence-corrected chi connectivity index (χ4v) is 7.48. The van der Waals surface area contributed by atoms with Gasteiger partial charge in [0.15, 0.2) is 36.6 Å². The molecule has 6 N–H and O–H groups in total. The summed E-state index contributed by atoms with van der Waals surface area (Å²) in [6.07, 6.45) is -9.25. The monoisotopic (exact) mass is 1110 g/mol. The van der Waals surface area contributed by atoms with Gasteiger partial charge < -0.3 is 60.3 Å². The molecule has 0 spiro atoms. The second-order valence-corrected chi connectivity index (χ2v) is 22.9. The lowest BCUT2D eigenvalue weighted by Gasteiger charge is -2.30. The van der Waals surface area contributed by atoms with Gasteiger partial charge in [-0.15, -0.1) is 0 Å². The van der Waals surface area contributed by atoms with Gasteiger partial charge in [0.25, 0.3) is 35.4 Å². The predicted molar refractivity (Wildman–Crippen MR) is 281 cm³/mol. The Hall–Kier alpha value is -6.36. The molecule has 12 atom stereocenters. The SMILES string of the molecule is CC(C)[C@@H]1NC(=O)[C@@H](C(C)C)OC(=O)[C@H](C(C)C)NC(=O)[C@H](C)OC(=O)[C@@H](C(C)C)NC(=O)[C@@H](C(C)C)OC(=O)[C@H](C(C)C)NC(=O)[C@H](C)OC(=O)[C@@H](C(C)C)NC(=O)[C@@H](C(C)C)OC(=O)[C@H](C(C)C)NC(=O)[C@H](C)OC1=O. The summed E-state index contributed by atoms with van der Waals surface area (Å²) in [6.45, 7) is 32.1. The fraction of sp³-hybridized carbons (Fsp3) is 0.778. The number of esters is 6. The maximum absolute atomic E-state index is 13.9. The molecule has 1 rings (SSSR count). The van der Waals surface area contributed by atoms with Crippen molar-refractivity contribution in [1.82, 2.24) is 31.9 Å². The van der Waals surface area contributed by atoms with Crippen molar-refractivity contribution in [3.05, 3.63) is 0 Å². The normalized spacial score (nSPS) is 28.8. The molecular weight excluding hydrogens is 1020 g/mol. The van der Waals surface area contributed by atoms with Crippen LogP contribution in [0, 0.1) is 53.3 Å². The maximum atomic E-state index is 13.9. The van der Waals surface area contributed by atoms with Crippen molar-refractivity contribution in [3.63, 3.8) is 0 Å². The van der Waals surface area contributed by atoms with Crippen molar-refractivity contribution >= 4 is 71.3 Å². The molecule has 0 radical (unpaired) electrons. The van der Waals surface area contributed by atoms with E-state index in [2.05, 4.69) is 31.9 Å². The van der Waals surface area contributed by atoms with Gasteiger partial charge in [-0.3, -0.25) is 28.8 Å². The molecule has 0 aromatic carbocycles. The number of carbonyl (C=O) groups excluding carboxylic acids is 12. The van der Waals surface area contributed by atoms with E-state index in [-0.39, 0.29) is 0 Å². The Labute approximate surface area is 459 Å². The van der Waals surface area contributed by atoms with Gasteiger partial charge in [-0.25, -0.2) is 28.8 Å². The first-order valence-corrected chi connectivity index (χ1v) is 26.9. The molecule has 1 fully saturated rings. The summed E-state index contributed by atoms with van der Waals surface area (Å²) >= 11 is 0. The van der Waals surface area contributed by atoms with Crippen molar-refractivity contribution in [2.45, 2.75) is 218 Å². The van der Waals surface area contributed by atoms with Crippen molar-refractivity contribution in [2.24, 2.45) is 53.3 Å². The zero-order valence-electron chi connectivity index (χ0n) is 49.5. The molecule has 1 heterocycles. The maximum Gasteiger partial charge on any atom is 0.329 e. The second kappa shape index (κ2) is 31.3. The van der Waals surface area contributed by atoms with E-state index >= 15 is 0 Å². The van der Waals surface area contributed by atoms with Crippen LogP contribution in [-0.2, 0) is 86.0 Å². The molecule has 0 bridgehead atoms. The zero-order chi connectivity index (χ0) is 60.5. The third-order valence-electron chi connectivity index (χ3n) is 12.6. The highest BCUT2D eigenvalue weighted by molar-refractivity contribution is 5.96. The highest BCUT2D eigenvalue weighted by Gasteiger charge is 2.42. The highest BCUT2D eigenvalue weighted by atomic mass is 16.6. The van der Waals surface area contributed by atoms with Crippen LogP contribution in [0.15, 0.2) is 0 Å². The molecular formula is C54H90N6O18. The largest absolute Gasteiger partial charge is 0.451 e. The number of hydrogen-bond acceptors (Lipinski definition) is 18. The Kier molecular flexibility index (Phi) is 27.9. The minimum Gasteiger partial charge on any atom is -0.451 e. The summed E-state index contributed by atoms with van der Waals surface area (Å²) < 4.78 is 33.5. The lowest BCUT2D eigenvalue weighted by Crippen LogP contribution is -2.56. The summed E-state index contributed by atoms with van der Waals surface area (Å²) in [5.74, 6) is -17.8. The predicted octanol–water partition coefficient (Wildman–Crippen LogP) is 2.34. The van der Waals surface area contributed by atoms with Crippen LogP contribution in [0.4, 0.5) is 0 Å². The first-order chi connectivity index (χ1) is 35.9. The summed E-state index contributed by atoms with van der Waals surface area (Å²) in [5, 5.41) is 15.1. The molecule has 78 heavy (non-hydrogen) atoms. The molecule has 444 valence electrons. The smallest absolute Gasteiger partial charge is 0.329 e. The van der Waals surface area contributed by atoms with Gasteiger partial charge in [0.1, 0.15) is 36.3 Å². The molecule has 0 aromatic rings. The number of cyclic esters (lactones) is 6. The van der Waals surface area contributed by atoms with Gasteiger partial charge in [0.2, 0.25) is 0 Å². The number of nitrogens with one attached hydrogen (secondary N) is 6. The van der Waals surface area contributed by atoms with Crippen LogP contribution in [0.25, 0.3) is 0 Å². The van der Waals surface area contributed by atoms with E-state index in [9.17, 15) is 57.5 Å². The van der Waals surface area contributed by atoms with Gasteiger partial charge in [-0.2, -0.15) is 0 Å². The van der Waals surface area contributed by atoms with Crippen molar-refractivity contribution < 1.29 is 86.0 Å². The van der Waals surface area contributed by atoms with Crippen molar-refractivity contribution in [1.29, 1.82) is 0 Å². The third-order valence-corrected chi connectivity index (χ3v) is 12.6. The Morgan fingerprint density at radius 3 is 0.513 bits per heavy atom. The Morgan fingerprint density at radius 2 is 0.372 bits per heavy atom. The van der Waals surface area contributed by atoms with E-state index in [0.29, 0.717) is 0 Å². The van der Waals surface area contributed by atoms with E-state index in [1.54, 1.807) is 125 Å². The van der Waals surface area contributed by atoms with E-state index < -0.39 is 197 Å². The summed E-state index contributed by atoms with van der Waals surface area (Å²) in [7, 11) is 0. The minimum atomic E-state index is -1.55. The Balaban J connectivity index is 3.87. The fourth-order valence-electron chi connectivity index (χ4n) is 7.48. The van der Waals surface area contributed by atoms with Gasteiger partial charge >= 0.3 is 35.8 Å². The van der Waals surface area contributed by atoms with Crippen LogP contribution in [0.2, 0.25) is 0 Å². The molecule has 6 amide bonds. The van der Waals surface area contributed by atoms with Gasteiger partial charge in [0.05, 0.1) is 0 Å². The average molecular weight is 1110 g/mol. The standard InChI is InChI=1S/C54H90N6O18/c1-22(2)34-49(67)73-31(19)43(61)55-38(26(9)10)53(71)77-41(29(15)16)47(65)59-36(24(5)6)51(69)75-33(21)45(63)57-39(27(11)12)54(72)78-42(30(17)18)48(66)60-35(23(3)4)50(68)74-32(20)44(62)56-37(25(7)8)52(70)76-40(28(13)14)46(64)58-34/h22-42H,1-21H3,(H,55,61)(H,56,62)(H,57,63)(H,58,64)(H,59,65)(H,60,66)/t31-,32-,33-,34-,35+,36+,37-,38-,39-,40+,41+,42+/m0/s1. The van der Waals surface area contributed by atoms with E-state index in [1.807, 2.05) is 0 Å². The van der Waals surface area contributed by atoms with Crippen LogP contribution < -0.4 is 31.9 Å². The van der Waals surface area contributed by atoms with Crippen LogP contribution in [0.1, 0.15) is 145 Å². The molecule has 0 unspecified atom stereocenters. The van der Waals surface area contributed by atoms with Crippen molar-refractivity contribution in [3.8, 4) is 0 Å². The van der Waals surface area contributed by atoms with E-state index in [0.717, 1.165) is 0 Å². The lowest BCUT2D eigenvalue weighted by atomic mass is 10.0. The molecule has 24 heteroatoms. The van der Waals surface area contributed by atoms with Gasteiger partial charge in [-0.05, 0) is 74.0 Å². The van der Waals surface area contributed by atoms with Crippen molar-refractivity contribution in [2.75, 3.05) is 0 Å². The van der Waals surface area contributed by atoms with Crippen LogP contribution in [0.3, 0.4) is 0 Å². The highest BCUT2D eigenvalue weighted by Crippen LogP contribution is 2.19. The second-order valence-electron chi connectivity index (χ2n) is 22.9. The first kappa shape index (κ1) is 69.7. The molecule has 1 saturated heterocycles. The average Bonchev–Trinajstić information content (AvgIpc) is 3.31. The molecule has 0 aliphatic carbocycles. The summed E-state index contributed by atoms with van der Waals surface area (Å²) in [4.78, 5) is 165. The summed E-state index contributed by atoms with van der Waals surface area (Å²) in [5.41, 5.74) is 0. The molecule has 1 aliphatic heterocycles. The number of amides is 6. The lowest BCUT2D eigenvalue weighted by molar-refractivity contribution is -0.167. The first-order valence-electron chi connectivity index (χ1n) is 26.9. The van der Waals surface area contributed by atoms with E-state index in [1.165, 1.54) is 20.8 Å². The minimum absolute atomic E-state index is 0.647.